The fraction of sp³-hybridized carbons (Fsp3) is 0.389. The molecule has 1 N–H and O–H groups in total. The number of hydrogen-bond donors (Lipinski definition) is 1. The molecule has 0 unspecified atom stereocenters. The van der Waals surface area contributed by atoms with Crippen molar-refractivity contribution in [2.45, 2.75) is 19.3 Å². The largest absolute Gasteiger partial charge is 0.481 e. The number of piperidine rings is 1. The van der Waals surface area contributed by atoms with Gasteiger partial charge < -0.3 is 19.5 Å². The quantitative estimate of drug-likeness (QED) is 0.884. The Morgan fingerprint density at radius 1 is 1.23 bits per heavy atom. The summed E-state index contributed by atoms with van der Waals surface area (Å²) in [5.74, 6) is 0.319. The molecule has 1 amide bonds. The van der Waals surface area contributed by atoms with Crippen molar-refractivity contribution < 1.29 is 24.2 Å². The molecule has 4 rings (SSSR count). The maximum absolute atomic E-state index is 12.4. The third kappa shape index (κ3) is 3.37. The molecule has 1 saturated heterocycles. The number of carboxylic acids is 1. The van der Waals surface area contributed by atoms with Gasteiger partial charge in [0.05, 0.1) is 18.0 Å². The average Bonchev–Trinajstić information content (AvgIpc) is 3.30. The second-order valence-electron chi connectivity index (χ2n) is 6.38. The van der Waals surface area contributed by atoms with Crippen LogP contribution in [-0.2, 0) is 16.0 Å². The summed E-state index contributed by atoms with van der Waals surface area (Å²) in [7, 11) is 0. The van der Waals surface area contributed by atoms with E-state index in [2.05, 4.69) is 4.98 Å². The molecule has 2 aliphatic rings. The molecule has 0 radical (unpaired) electrons. The van der Waals surface area contributed by atoms with Gasteiger partial charge in [-0.15, -0.1) is 11.3 Å². The molecule has 0 bridgehead atoms. The lowest BCUT2D eigenvalue weighted by atomic mass is 9.97. The maximum atomic E-state index is 12.4. The zero-order valence-corrected chi connectivity index (χ0v) is 14.8. The zero-order valence-electron chi connectivity index (χ0n) is 14.0. The van der Waals surface area contributed by atoms with E-state index < -0.39 is 5.97 Å². The molecule has 0 aliphatic carbocycles. The summed E-state index contributed by atoms with van der Waals surface area (Å²) in [6.45, 7) is 1.22. The molecule has 0 saturated carbocycles. The number of aromatic nitrogens is 1. The lowest BCUT2D eigenvalue weighted by Gasteiger charge is -2.30. The number of carbonyl (C=O) groups excluding carboxylic acids is 1. The number of benzene rings is 1. The molecule has 7 nitrogen and oxygen atoms in total. The first-order chi connectivity index (χ1) is 12.6. The first-order valence-corrected chi connectivity index (χ1v) is 9.33. The minimum atomic E-state index is -0.773. The number of nitrogens with zero attached hydrogens (tertiary/aromatic N) is 2. The number of thiazole rings is 1. The number of fused-ring (bicyclic) bond motifs is 1. The van der Waals surface area contributed by atoms with E-state index in [-0.39, 0.29) is 25.0 Å². The Kier molecular flexibility index (Phi) is 4.50. The van der Waals surface area contributed by atoms with Crippen LogP contribution in [0.4, 0.5) is 0 Å². The second-order valence-corrected chi connectivity index (χ2v) is 7.24. The second kappa shape index (κ2) is 6.95. The Morgan fingerprint density at radius 2 is 2.00 bits per heavy atom. The Morgan fingerprint density at radius 3 is 2.77 bits per heavy atom. The Labute approximate surface area is 154 Å². The predicted molar refractivity (Wildman–Crippen MR) is 94.3 cm³/mol. The number of hydrogen-bond acceptors (Lipinski definition) is 6. The van der Waals surface area contributed by atoms with E-state index in [0.29, 0.717) is 31.7 Å². The maximum Gasteiger partial charge on any atom is 0.306 e. The predicted octanol–water partition coefficient (Wildman–Crippen LogP) is 2.40. The summed E-state index contributed by atoms with van der Waals surface area (Å²) >= 11 is 1.49. The van der Waals surface area contributed by atoms with Gasteiger partial charge in [-0.3, -0.25) is 9.59 Å². The third-order valence-corrected chi connectivity index (χ3v) is 5.64. The monoisotopic (exact) mass is 374 g/mol. The number of aliphatic carboxylic acids is 1. The van der Waals surface area contributed by atoms with Crippen molar-refractivity contribution in [2.75, 3.05) is 19.9 Å². The number of rotatable bonds is 4. The molecule has 2 aromatic rings. The summed E-state index contributed by atoms with van der Waals surface area (Å²) in [6.07, 6.45) is 1.26. The van der Waals surface area contributed by atoms with Gasteiger partial charge in [0.1, 0.15) is 5.01 Å². The highest BCUT2D eigenvalue weighted by Crippen LogP contribution is 2.36. The molecule has 136 valence electrons. The molecule has 26 heavy (non-hydrogen) atoms. The summed E-state index contributed by atoms with van der Waals surface area (Å²) in [4.78, 5) is 29.8. The molecule has 1 aromatic carbocycles. The summed E-state index contributed by atoms with van der Waals surface area (Å²) in [5.41, 5.74) is 1.66. The van der Waals surface area contributed by atoms with Crippen molar-refractivity contribution in [3.8, 4) is 22.1 Å². The van der Waals surface area contributed by atoms with Gasteiger partial charge in [0, 0.05) is 24.0 Å². The van der Waals surface area contributed by atoms with Gasteiger partial charge in [-0.1, -0.05) is 0 Å². The van der Waals surface area contributed by atoms with E-state index >= 15 is 0 Å². The summed E-state index contributed by atoms with van der Waals surface area (Å²) < 4.78 is 10.7. The van der Waals surface area contributed by atoms with Crippen molar-refractivity contribution in [1.82, 2.24) is 9.88 Å². The van der Waals surface area contributed by atoms with Crippen LogP contribution in [0.1, 0.15) is 18.5 Å². The summed E-state index contributed by atoms with van der Waals surface area (Å²) in [6, 6.07) is 5.68. The molecule has 2 aliphatic heterocycles. The summed E-state index contributed by atoms with van der Waals surface area (Å²) in [5, 5.41) is 11.8. The topological polar surface area (TPSA) is 89.0 Å². The van der Waals surface area contributed by atoms with Crippen LogP contribution < -0.4 is 9.47 Å². The van der Waals surface area contributed by atoms with Crippen LogP contribution in [0.5, 0.6) is 11.5 Å². The molecule has 3 heterocycles. The molecule has 1 aromatic heterocycles. The number of ether oxygens (including phenoxy) is 2. The molecule has 8 heteroatoms. The highest BCUT2D eigenvalue weighted by atomic mass is 32.1. The van der Waals surface area contributed by atoms with Crippen LogP contribution in [0.3, 0.4) is 0 Å². The van der Waals surface area contributed by atoms with E-state index in [9.17, 15) is 9.59 Å². The van der Waals surface area contributed by atoms with Crippen molar-refractivity contribution in [3.05, 3.63) is 29.3 Å². The van der Waals surface area contributed by atoms with Gasteiger partial charge in [0.25, 0.3) is 0 Å². The molecular weight excluding hydrogens is 356 g/mol. The lowest BCUT2D eigenvalue weighted by molar-refractivity contribution is -0.145. The van der Waals surface area contributed by atoms with Gasteiger partial charge in [0.2, 0.25) is 12.7 Å². The first-order valence-electron chi connectivity index (χ1n) is 8.45. The van der Waals surface area contributed by atoms with Gasteiger partial charge in [-0.25, -0.2) is 4.98 Å². The van der Waals surface area contributed by atoms with Gasteiger partial charge in [-0.05, 0) is 31.0 Å². The van der Waals surface area contributed by atoms with Crippen LogP contribution in [-0.4, -0.2) is 46.7 Å². The SMILES string of the molecule is O=C(O)C1CCN(C(=O)Cc2csc(-c3ccc4c(c3)OCO4)n2)CC1. The van der Waals surface area contributed by atoms with Crippen molar-refractivity contribution in [2.24, 2.45) is 5.92 Å². The molecular formula is C18H18N2O5S. The highest BCUT2D eigenvalue weighted by molar-refractivity contribution is 7.13. The number of likely N-dealkylation sites (tertiary alicyclic amines) is 1. The van der Waals surface area contributed by atoms with Crippen molar-refractivity contribution >= 4 is 23.2 Å². The van der Waals surface area contributed by atoms with E-state index in [1.165, 1.54) is 11.3 Å². The minimum absolute atomic E-state index is 0.00336. The fourth-order valence-corrected chi connectivity index (χ4v) is 4.01. The van der Waals surface area contributed by atoms with Crippen LogP contribution in [0.25, 0.3) is 10.6 Å². The standard InChI is InChI=1S/C18H18N2O5S/c21-16(20-5-3-11(4-6-20)18(22)23)8-13-9-26-17(19-13)12-1-2-14-15(7-12)25-10-24-14/h1-2,7,9,11H,3-6,8,10H2,(H,22,23). The normalized spacial score (nSPS) is 16.7. The molecule has 0 spiro atoms. The van der Waals surface area contributed by atoms with Crippen LogP contribution >= 0.6 is 11.3 Å². The fourth-order valence-electron chi connectivity index (χ4n) is 3.19. The average molecular weight is 374 g/mol. The van der Waals surface area contributed by atoms with Crippen LogP contribution in [0.2, 0.25) is 0 Å². The zero-order chi connectivity index (χ0) is 18.1. The van der Waals surface area contributed by atoms with Crippen molar-refractivity contribution in [3.63, 3.8) is 0 Å². The van der Waals surface area contributed by atoms with Crippen LogP contribution in [0.15, 0.2) is 23.6 Å². The Bertz CT molecular complexity index is 842. The Hall–Kier alpha value is -2.61. The van der Waals surface area contributed by atoms with E-state index in [0.717, 1.165) is 22.0 Å². The number of carboxylic acid groups (broad SMARTS) is 1. The number of carbonyl (C=O) groups is 2. The van der Waals surface area contributed by atoms with Gasteiger partial charge in [0.15, 0.2) is 11.5 Å². The van der Waals surface area contributed by atoms with Crippen molar-refractivity contribution in [1.29, 1.82) is 0 Å². The molecule has 1 fully saturated rings. The highest BCUT2D eigenvalue weighted by Gasteiger charge is 2.27. The smallest absolute Gasteiger partial charge is 0.306 e. The van der Waals surface area contributed by atoms with E-state index in [4.69, 9.17) is 14.6 Å². The van der Waals surface area contributed by atoms with Crippen LogP contribution in [0, 0.1) is 5.92 Å². The van der Waals surface area contributed by atoms with Gasteiger partial charge >= 0.3 is 5.97 Å². The van der Waals surface area contributed by atoms with E-state index in [1.54, 1.807) is 4.90 Å². The van der Waals surface area contributed by atoms with Gasteiger partial charge in [-0.2, -0.15) is 0 Å². The van der Waals surface area contributed by atoms with E-state index in [1.807, 2.05) is 23.6 Å². The first kappa shape index (κ1) is 16.8. The molecule has 0 atom stereocenters. The minimum Gasteiger partial charge on any atom is -0.481 e. The lowest BCUT2D eigenvalue weighted by Crippen LogP contribution is -2.41. The number of amides is 1. The third-order valence-electron chi connectivity index (χ3n) is 4.70. The Balaban J connectivity index is 1.39.